The number of hydrogen-bond acceptors (Lipinski definition) is 6. The molecule has 30 heavy (non-hydrogen) atoms. The van der Waals surface area contributed by atoms with Crippen LogP contribution in [0.15, 0.2) is 39.7 Å². The molecule has 1 heterocycles. The van der Waals surface area contributed by atoms with Gasteiger partial charge in [0.25, 0.3) is 0 Å². The number of esters is 1. The van der Waals surface area contributed by atoms with Crippen LogP contribution < -0.4 is 15.4 Å². The normalized spacial score (nSPS) is 13.1. The Balaban J connectivity index is 0.00000450. The molecule has 0 saturated carbocycles. The molecular weight excluding hydrogens is 501 g/mol. The lowest BCUT2D eigenvalue weighted by Gasteiger charge is -2.22. The van der Waals surface area contributed by atoms with E-state index in [4.69, 9.17) is 13.9 Å². The number of nitrogens with one attached hydrogen (secondary N) is 2. The summed E-state index contributed by atoms with van der Waals surface area (Å²) >= 11 is 0. The van der Waals surface area contributed by atoms with Gasteiger partial charge in [0.1, 0.15) is 28.4 Å². The van der Waals surface area contributed by atoms with Gasteiger partial charge in [0, 0.05) is 6.54 Å². The van der Waals surface area contributed by atoms with Crippen LogP contribution in [0.5, 0.6) is 5.75 Å². The number of nitrogens with zero attached hydrogens (tertiary/aromatic N) is 1. The highest BCUT2D eigenvalue weighted by Crippen LogP contribution is 2.22. The number of aliphatic hydroxyl groups is 1. The summed E-state index contributed by atoms with van der Waals surface area (Å²) in [5.41, 5.74) is -0.0311. The maximum absolute atomic E-state index is 11.9. The third-order valence-corrected chi connectivity index (χ3v) is 4.30. The van der Waals surface area contributed by atoms with E-state index < -0.39 is 11.6 Å². The molecule has 0 fully saturated rings. The van der Waals surface area contributed by atoms with Crippen LogP contribution in [-0.2, 0) is 16.9 Å². The Morgan fingerprint density at radius 2 is 1.97 bits per heavy atom. The molecule has 0 aliphatic rings. The molecule has 0 aliphatic heterocycles. The summed E-state index contributed by atoms with van der Waals surface area (Å²) in [5.74, 6) is 1.73. The fraction of sp³-hybridized carbons (Fsp3) is 0.429. The van der Waals surface area contributed by atoms with Crippen LogP contribution in [0.4, 0.5) is 0 Å². The van der Waals surface area contributed by atoms with Crippen molar-refractivity contribution in [3.05, 3.63) is 53.0 Å². The van der Waals surface area contributed by atoms with Crippen molar-refractivity contribution in [1.82, 2.24) is 10.6 Å². The number of aryl methyl sites for hydroxylation is 1. The largest absolute Gasteiger partial charge is 0.496 e. The first-order valence-corrected chi connectivity index (χ1v) is 9.37. The summed E-state index contributed by atoms with van der Waals surface area (Å²) in [6.07, 6.45) is 0. The first-order chi connectivity index (χ1) is 13.8. The van der Waals surface area contributed by atoms with E-state index in [-0.39, 0.29) is 30.5 Å². The van der Waals surface area contributed by atoms with Crippen LogP contribution in [0.1, 0.15) is 41.3 Å². The highest BCUT2D eigenvalue weighted by Gasteiger charge is 2.27. The fourth-order valence-electron chi connectivity index (χ4n) is 2.70. The number of hydrogen-bond donors (Lipinski definition) is 3. The van der Waals surface area contributed by atoms with E-state index in [1.807, 2.05) is 26.0 Å². The van der Waals surface area contributed by atoms with E-state index in [0.29, 0.717) is 36.1 Å². The van der Waals surface area contributed by atoms with E-state index in [2.05, 4.69) is 15.6 Å². The zero-order chi connectivity index (χ0) is 21.4. The molecule has 0 radical (unpaired) electrons. The molecule has 1 aromatic heterocycles. The van der Waals surface area contributed by atoms with Crippen LogP contribution in [0, 0.1) is 6.92 Å². The minimum atomic E-state index is -1.19. The molecule has 3 N–H and O–H groups in total. The Hall–Kier alpha value is -2.27. The van der Waals surface area contributed by atoms with Gasteiger partial charge in [-0.25, -0.2) is 9.79 Å². The fourth-order valence-corrected chi connectivity index (χ4v) is 2.70. The Kier molecular flexibility index (Phi) is 10.1. The van der Waals surface area contributed by atoms with Gasteiger partial charge in [-0.2, -0.15) is 0 Å². The van der Waals surface area contributed by atoms with Crippen LogP contribution in [0.3, 0.4) is 0 Å². The van der Waals surface area contributed by atoms with E-state index in [1.54, 1.807) is 25.1 Å². The second-order valence-corrected chi connectivity index (χ2v) is 6.76. The third-order valence-electron chi connectivity index (χ3n) is 4.30. The molecule has 2 aromatic rings. The minimum absolute atomic E-state index is 0. The standard InChI is InChI=1S/C21H29N3O5.HI/c1-6-22-20(24-13-21(3,26)18-10-7-14(2)29-18)23-12-15-8-9-17(27-4)16(11-15)19(25)28-5;/h7-11,26H,6,12-13H2,1-5H3,(H2,22,23,24);1H. The second kappa shape index (κ2) is 11.8. The highest BCUT2D eigenvalue weighted by molar-refractivity contribution is 14.0. The summed E-state index contributed by atoms with van der Waals surface area (Å²) in [5, 5.41) is 16.9. The van der Waals surface area contributed by atoms with E-state index in [1.165, 1.54) is 14.2 Å². The first-order valence-electron chi connectivity index (χ1n) is 9.37. The summed E-state index contributed by atoms with van der Waals surface area (Å²) < 4.78 is 15.5. The van der Waals surface area contributed by atoms with Gasteiger partial charge in [-0.15, -0.1) is 24.0 Å². The van der Waals surface area contributed by atoms with Crippen LogP contribution in [0.2, 0.25) is 0 Å². The van der Waals surface area contributed by atoms with Crippen molar-refractivity contribution in [2.75, 3.05) is 27.3 Å². The van der Waals surface area contributed by atoms with Crippen molar-refractivity contribution in [3.8, 4) is 5.75 Å². The second-order valence-electron chi connectivity index (χ2n) is 6.76. The van der Waals surface area contributed by atoms with Crippen molar-refractivity contribution in [2.45, 2.75) is 32.9 Å². The Bertz CT molecular complexity index is 864. The Morgan fingerprint density at radius 1 is 1.23 bits per heavy atom. The number of furan rings is 1. The molecule has 2 rings (SSSR count). The number of ether oxygens (including phenoxy) is 2. The van der Waals surface area contributed by atoms with Crippen molar-refractivity contribution in [3.63, 3.8) is 0 Å². The third kappa shape index (κ3) is 6.91. The molecule has 0 bridgehead atoms. The molecule has 166 valence electrons. The average molecular weight is 531 g/mol. The number of halogens is 1. The quantitative estimate of drug-likeness (QED) is 0.208. The number of carbonyl (C=O) groups excluding carboxylic acids is 1. The molecular formula is C21H30IN3O5. The monoisotopic (exact) mass is 531 g/mol. The number of carbonyl (C=O) groups is 1. The van der Waals surface area contributed by atoms with Gasteiger partial charge in [-0.1, -0.05) is 6.07 Å². The van der Waals surface area contributed by atoms with Crippen molar-refractivity contribution < 1.29 is 23.8 Å². The van der Waals surface area contributed by atoms with Crippen LogP contribution >= 0.6 is 24.0 Å². The molecule has 0 saturated heterocycles. The number of benzene rings is 1. The van der Waals surface area contributed by atoms with Gasteiger partial charge in [-0.3, -0.25) is 0 Å². The Labute approximate surface area is 194 Å². The molecule has 8 nitrogen and oxygen atoms in total. The number of aliphatic imine (C=N–C) groups is 1. The summed E-state index contributed by atoms with van der Waals surface area (Å²) in [4.78, 5) is 16.5. The maximum atomic E-state index is 11.9. The molecule has 1 atom stereocenters. The Morgan fingerprint density at radius 3 is 2.53 bits per heavy atom. The molecule has 0 aliphatic carbocycles. The van der Waals surface area contributed by atoms with Gasteiger partial charge in [0.2, 0.25) is 0 Å². The predicted molar refractivity (Wildman–Crippen MR) is 126 cm³/mol. The number of methoxy groups -OCH3 is 2. The molecule has 0 spiro atoms. The first kappa shape index (κ1) is 25.8. The van der Waals surface area contributed by atoms with Crippen molar-refractivity contribution in [2.24, 2.45) is 4.99 Å². The lowest BCUT2D eigenvalue weighted by molar-refractivity contribution is 0.0378. The van der Waals surface area contributed by atoms with Crippen molar-refractivity contribution >= 4 is 35.9 Å². The summed E-state index contributed by atoms with van der Waals surface area (Å²) in [7, 11) is 2.82. The lowest BCUT2D eigenvalue weighted by atomic mass is 10.0. The topological polar surface area (TPSA) is 105 Å². The number of rotatable bonds is 8. The summed E-state index contributed by atoms with van der Waals surface area (Å²) in [6, 6.07) is 8.81. The zero-order valence-corrected chi connectivity index (χ0v) is 20.3. The average Bonchev–Trinajstić information content (AvgIpc) is 3.16. The van der Waals surface area contributed by atoms with Crippen LogP contribution in [-0.4, -0.2) is 44.3 Å². The number of guanidine groups is 1. The van der Waals surface area contributed by atoms with E-state index >= 15 is 0 Å². The van der Waals surface area contributed by atoms with Crippen LogP contribution in [0.25, 0.3) is 0 Å². The van der Waals surface area contributed by atoms with Crippen molar-refractivity contribution in [1.29, 1.82) is 0 Å². The molecule has 9 heteroatoms. The summed E-state index contributed by atoms with van der Waals surface area (Å²) in [6.45, 7) is 6.65. The SMILES string of the molecule is CCNC(=NCc1ccc(OC)c(C(=O)OC)c1)NCC(C)(O)c1ccc(C)o1.I. The van der Waals surface area contributed by atoms with Gasteiger partial charge in [-0.05, 0) is 50.6 Å². The minimum Gasteiger partial charge on any atom is -0.496 e. The predicted octanol–water partition coefficient (Wildman–Crippen LogP) is 2.96. The lowest BCUT2D eigenvalue weighted by Crippen LogP contribution is -2.44. The highest BCUT2D eigenvalue weighted by atomic mass is 127. The van der Waals surface area contributed by atoms with Gasteiger partial charge in [0.05, 0.1) is 27.3 Å². The molecule has 1 aromatic carbocycles. The van der Waals surface area contributed by atoms with Gasteiger partial charge < -0.3 is 29.6 Å². The van der Waals surface area contributed by atoms with E-state index in [0.717, 1.165) is 11.3 Å². The molecule has 1 unspecified atom stereocenters. The smallest absolute Gasteiger partial charge is 0.341 e. The maximum Gasteiger partial charge on any atom is 0.341 e. The molecule has 0 amide bonds. The van der Waals surface area contributed by atoms with Gasteiger partial charge >= 0.3 is 5.97 Å². The zero-order valence-electron chi connectivity index (χ0n) is 17.9. The van der Waals surface area contributed by atoms with E-state index in [9.17, 15) is 9.90 Å². The van der Waals surface area contributed by atoms with Gasteiger partial charge in [0.15, 0.2) is 5.96 Å².